The van der Waals surface area contributed by atoms with Crippen LogP contribution in [0.2, 0.25) is 0 Å². The van der Waals surface area contributed by atoms with E-state index < -0.39 is 0 Å². The summed E-state index contributed by atoms with van der Waals surface area (Å²) < 4.78 is 18.7. The fourth-order valence-corrected chi connectivity index (χ4v) is 6.51. The smallest absolute Gasteiger partial charge is 0.161 e. The maximum atomic E-state index is 6.55. The first kappa shape index (κ1) is 14.0. The zero-order valence-corrected chi connectivity index (χ0v) is 13.9. The van der Waals surface area contributed by atoms with Gasteiger partial charge in [-0.25, -0.2) is 0 Å². The molecule has 0 spiro atoms. The minimum atomic E-state index is -0.0306. The van der Waals surface area contributed by atoms with Crippen molar-refractivity contribution in [2.75, 3.05) is 7.11 Å². The van der Waals surface area contributed by atoms with Gasteiger partial charge in [0.2, 0.25) is 0 Å². The Morgan fingerprint density at radius 3 is 2.40 bits per heavy atom. The van der Waals surface area contributed by atoms with E-state index in [-0.39, 0.29) is 18.5 Å². The number of alkyl halides is 1. The van der Waals surface area contributed by atoms with Gasteiger partial charge in [-0.3, -0.25) is 0 Å². The van der Waals surface area contributed by atoms with Gasteiger partial charge in [-0.05, 0) is 37.0 Å². The molecular weight excluding hydrogens is 320 g/mol. The van der Waals surface area contributed by atoms with Gasteiger partial charge in [-0.15, -0.1) is 0 Å². The molecule has 20 heavy (non-hydrogen) atoms. The molecule has 2 bridgehead atoms. The van der Waals surface area contributed by atoms with Crippen LogP contribution in [0.25, 0.3) is 0 Å². The first-order chi connectivity index (χ1) is 9.70. The molecule has 0 aromatic carbocycles. The summed E-state index contributed by atoms with van der Waals surface area (Å²) in [6.45, 7) is 2.37. The molecule has 114 valence electrons. The highest BCUT2D eigenvalue weighted by atomic mass is 79.9. The van der Waals surface area contributed by atoms with Crippen LogP contribution in [0.1, 0.15) is 39.0 Å². The van der Waals surface area contributed by atoms with Crippen molar-refractivity contribution >= 4 is 15.9 Å². The predicted octanol–water partition coefficient (Wildman–Crippen LogP) is 3.35. The zero-order chi connectivity index (χ0) is 13.9. The van der Waals surface area contributed by atoms with Crippen LogP contribution in [-0.2, 0) is 14.2 Å². The summed E-state index contributed by atoms with van der Waals surface area (Å²) >= 11 is 3.94. The van der Waals surface area contributed by atoms with Crippen molar-refractivity contribution in [1.82, 2.24) is 0 Å². The van der Waals surface area contributed by atoms with E-state index in [9.17, 15) is 0 Å². The molecular formula is C16H25BrO3. The molecule has 4 heteroatoms. The van der Waals surface area contributed by atoms with Gasteiger partial charge >= 0.3 is 0 Å². The molecule has 4 fully saturated rings. The summed E-state index contributed by atoms with van der Waals surface area (Å²) in [5, 5.41) is 0. The van der Waals surface area contributed by atoms with Crippen LogP contribution in [0.5, 0.6) is 0 Å². The monoisotopic (exact) mass is 344 g/mol. The number of fused-ring (bicyclic) bond motifs is 2. The molecule has 0 aromatic heterocycles. The van der Waals surface area contributed by atoms with Crippen molar-refractivity contribution < 1.29 is 14.2 Å². The second kappa shape index (κ2) is 5.22. The van der Waals surface area contributed by atoms with Crippen LogP contribution >= 0.6 is 15.9 Å². The molecule has 1 heterocycles. The van der Waals surface area contributed by atoms with Crippen LogP contribution in [-0.4, -0.2) is 36.5 Å². The van der Waals surface area contributed by atoms with Crippen LogP contribution < -0.4 is 0 Å². The molecule has 4 rings (SSSR count). The number of hydrogen-bond donors (Lipinski definition) is 0. The standard InChI is InChI=1S/C16H25BrO3/c1-8-9-7-10-13(8)16(18-2)20-12-6-4-3-5-11(12)19-15(10)14(9)17/h8-16H,3-7H2,1-2H3/t8-,9+,10-,11-,12+,13+,14+,15+,16+/m0/s1. The summed E-state index contributed by atoms with van der Waals surface area (Å²) in [5.41, 5.74) is 0. The Morgan fingerprint density at radius 1 is 1.05 bits per heavy atom. The number of methoxy groups -OCH3 is 1. The molecule has 4 aliphatic rings. The summed E-state index contributed by atoms with van der Waals surface area (Å²) in [4.78, 5) is 0.525. The van der Waals surface area contributed by atoms with Gasteiger partial charge in [0.05, 0.1) is 18.3 Å². The zero-order valence-electron chi connectivity index (χ0n) is 12.3. The topological polar surface area (TPSA) is 27.7 Å². The Kier molecular flexibility index (Phi) is 3.65. The van der Waals surface area contributed by atoms with Crippen LogP contribution in [0.15, 0.2) is 0 Å². The third-order valence-corrected chi connectivity index (χ3v) is 7.50. The Hall–Kier alpha value is 0.360. The van der Waals surface area contributed by atoms with Crippen molar-refractivity contribution in [3.63, 3.8) is 0 Å². The molecule has 1 saturated heterocycles. The SMILES string of the molecule is CO[C@@H]1O[C@@H]2CCCC[C@@H]2O[C@H]2[C@H](Br)[C@@H]3C[C@H]2[C@H]1[C@H]3C. The summed E-state index contributed by atoms with van der Waals surface area (Å²) in [7, 11) is 1.81. The van der Waals surface area contributed by atoms with Gasteiger partial charge < -0.3 is 14.2 Å². The van der Waals surface area contributed by atoms with Gasteiger partial charge in [0, 0.05) is 17.9 Å². The minimum Gasteiger partial charge on any atom is -0.371 e. The van der Waals surface area contributed by atoms with E-state index >= 15 is 0 Å². The van der Waals surface area contributed by atoms with Crippen molar-refractivity contribution in [3.05, 3.63) is 0 Å². The van der Waals surface area contributed by atoms with Gasteiger partial charge in [-0.1, -0.05) is 35.7 Å². The first-order valence-corrected chi connectivity index (χ1v) is 9.10. The first-order valence-electron chi connectivity index (χ1n) is 8.18. The number of rotatable bonds is 1. The van der Waals surface area contributed by atoms with E-state index in [1.54, 1.807) is 0 Å². The number of ether oxygens (including phenoxy) is 3. The Morgan fingerprint density at radius 2 is 1.75 bits per heavy atom. The fraction of sp³-hybridized carbons (Fsp3) is 1.00. The van der Waals surface area contributed by atoms with Gasteiger partial charge in [0.1, 0.15) is 0 Å². The Labute approximate surface area is 129 Å². The minimum absolute atomic E-state index is 0.0306. The van der Waals surface area contributed by atoms with E-state index in [1.165, 1.54) is 19.3 Å². The lowest BCUT2D eigenvalue weighted by Gasteiger charge is -2.47. The van der Waals surface area contributed by atoms with Crippen LogP contribution in [0.3, 0.4) is 0 Å². The molecule has 0 aromatic rings. The van der Waals surface area contributed by atoms with Crippen LogP contribution in [0.4, 0.5) is 0 Å². The van der Waals surface area contributed by atoms with E-state index in [1.807, 2.05) is 7.11 Å². The normalized spacial score (nSPS) is 58.0. The summed E-state index contributed by atoms with van der Waals surface area (Å²) in [6.07, 6.45) is 6.93. The highest BCUT2D eigenvalue weighted by molar-refractivity contribution is 9.09. The predicted molar refractivity (Wildman–Crippen MR) is 79.8 cm³/mol. The fourth-order valence-electron chi connectivity index (χ4n) is 5.29. The van der Waals surface area contributed by atoms with Crippen molar-refractivity contribution in [3.8, 4) is 0 Å². The number of halogens is 1. The molecule has 0 unspecified atom stereocenters. The second-order valence-electron chi connectivity index (χ2n) is 7.15. The molecule has 9 atom stereocenters. The van der Waals surface area contributed by atoms with Crippen molar-refractivity contribution in [1.29, 1.82) is 0 Å². The highest BCUT2D eigenvalue weighted by Crippen LogP contribution is 2.58. The Balaban J connectivity index is 1.65. The summed E-state index contributed by atoms with van der Waals surface area (Å²) in [6, 6.07) is 0. The van der Waals surface area contributed by atoms with E-state index in [4.69, 9.17) is 14.2 Å². The lowest BCUT2D eigenvalue weighted by molar-refractivity contribution is -0.265. The average Bonchev–Trinajstić information content (AvgIpc) is 2.92. The summed E-state index contributed by atoms with van der Waals surface area (Å²) in [5.74, 6) is 2.49. The highest BCUT2D eigenvalue weighted by Gasteiger charge is 2.60. The van der Waals surface area contributed by atoms with Crippen molar-refractivity contribution in [2.24, 2.45) is 23.7 Å². The molecule has 3 aliphatic carbocycles. The molecule has 0 N–H and O–H groups in total. The van der Waals surface area contributed by atoms with Crippen molar-refractivity contribution in [2.45, 2.75) is 68.5 Å². The van der Waals surface area contributed by atoms with E-state index in [0.29, 0.717) is 28.7 Å². The molecule has 0 radical (unpaired) electrons. The average molecular weight is 345 g/mol. The molecule has 3 nitrogen and oxygen atoms in total. The number of hydrogen-bond acceptors (Lipinski definition) is 3. The van der Waals surface area contributed by atoms with Gasteiger partial charge in [0.25, 0.3) is 0 Å². The second-order valence-corrected chi connectivity index (χ2v) is 8.20. The Bertz CT molecular complexity index is 377. The van der Waals surface area contributed by atoms with Gasteiger partial charge in [0.15, 0.2) is 6.29 Å². The van der Waals surface area contributed by atoms with Crippen LogP contribution in [0, 0.1) is 23.7 Å². The molecule has 1 aliphatic heterocycles. The van der Waals surface area contributed by atoms with Gasteiger partial charge in [-0.2, -0.15) is 0 Å². The third kappa shape index (κ3) is 1.94. The quantitative estimate of drug-likeness (QED) is 0.682. The lowest BCUT2D eigenvalue weighted by Crippen LogP contribution is -2.53. The maximum absolute atomic E-state index is 6.55. The molecule has 3 saturated carbocycles. The van der Waals surface area contributed by atoms with E-state index in [0.717, 1.165) is 18.8 Å². The van der Waals surface area contributed by atoms with E-state index in [2.05, 4.69) is 22.9 Å². The molecule has 0 amide bonds. The lowest BCUT2D eigenvalue weighted by atomic mass is 9.77. The largest absolute Gasteiger partial charge is 0.371 e. The maximum Gasteiger partial charge on any atom is 0.161 e. The third-order valence-electron chi connectivity index (χ3n) is 6.30.